The Balaban J connectivity index is 1.91. The van der Waals surface area contributed by atoms with Crippen LogP contribution < -0.4 is 0 Å². The molecule has 1 aliphatic rings. The molecule has 0 atom stereocenters. The van der Waals surface area contributed by atoms with Crippen LogP contribution in [-0.2, 0) is 16.0 Å². The van der Waals surface area contributed by atoms with Crippen LogP contribution in [0.3, 0.4) is 0 Å². The van der Waals surface area contributed by atoms with Gasteiger partial charge in [0.05, 0.1) is 18.2 Å². The van der Waals surface area contributed by atoms with Crippen molar-refractivity contribution in [2.24, 2.45) is 5.92 Å². The quantitative estimate of drug-likeness (QED) is 0.800. The minimum Gasteiger partial charge on any atom is -0.465 e. The maximum Gasteiger partial charge on any atom is 0.339 e. The van der Waals surface area contributed by atoms with Crippen LogP contribution in [0.25, 0.3) is 10.9 Å². The molecule has 0 aliphatic heterocycles. The molecule has 0 amide bonds. The number of pyridine rings is 1. The summed E-state index contributed by atoms with van der Waals surface area (Å²) < 4.78 is 4.69. The number of ketones is 1. The van der Waals surface area contributed by atoms with Gasteiger partial charge >= 0.3 is 5.97 Å². The summed E-state index contributed by atoms with van der Waals surface area (Å²) in [6.45, 7) is 0. The first kappa shape index (κ1) is 12.8. The molecule has 0 spiro atoms. The van der Waals surface area contributed by atoms with Gasteiger partial charge in [-0.2, -0.15) is 0 Å². The number of methoxy groups -OCH3 is 1. The van der Waals surface area contributed by atoms with Crippen molar-refractivity contribution in [2.45, 2.75) is 19.3 Å². The van der Waals surface area contributed by atoms with Crippen molar-refractivity contribution < 1.29 is 14.3 Å². The highest BCUT2D eigenvalue weighted by molar-refractivity contribution is 5.94. The van der Waals surface area contributed by atoms with Crippen molar-refractivity contribution >= 4 is 22.7 Å². The summed E-state index contributed by atoms with van der Waals surface area (Å²) in [7, 11) is 1.34. The number of rotatable bonds is 4. The van der Waals surface area contributed by atoms with Crippen LogP contribution in [0.15, 0.2) is 30.5 Å². The van der Waals surface area contributed by atoms with E-state index in [4.69, 9.17) is 0 Å². The summed E-state index contributed by atoms with van der Waals surface area (Å²) >= 11 is 0. The van der Waals surface area contributed by atoms with Gasteiger partial charge in [0.25, 0.3) is 0 Å². The fourth-order valence-electron chi connectivity index (χ4n) is 2.27. The fourth-order valence-corrected chi connectivity index (χ4v) is 2.27. The third kappa shape index (κ3) is 2.54. The van der Waals surface area contributed by atoms with Gasteiger partial charge in [-0.05, 0) is 36.6 Å². The molecule has 1 aromatic carbocycles. The van der Waals surface area contributed by atoms with Crippen LogP contribution in [0.2, 0.25) is 0 Å². The molecule has 20 heavy (non-hydrogen) atoms. The minimum absolute atomic E-state index is 0.269. The lowest BCUT2D eigenvalue weighted by molar-refractivity contribution is -0.119. The fraction of sp³-hybridized carbons (Fsp3) is 0.312. The lowest BCUT2D eigenvalue weighted by Crippen LogP contribution is -2.05. The molecule has 4 nitrogen and oxygen atoms in total. The molecule has 4 heteroatoms. The van der Waals surface area contributed by atoms with Crippen LogP contribution in [0, 0.1) is 5.92 Å². The van der Waals surface area contributed by atoms with Crippen LogP contribution in [-0.4, -0.2) is 23.8 Å². The maximum absolute atomic E-state index is 11.8. The molecular formula is C16H15NO3. The summed E-state index contributed by atoms with van der Waals surface area (Å²) in [5.74, 6) is 0.172. The normalized spacial score (nSPS) is 14.2. The molecule has 1 saturated carbocycles. The lowest BCUT2D eigenvalue weighted by Gasteiger charge is -2.04. The Hall–Kier alpha value is -2.23. The van der Waals surface area contributed by atoms with Gasteiger partial charge in [0.2, 0.25) is 0 Å². The number of hydrogen-bond acceptors (Lipinski definition) is 4. The summed E-state index contributed by atoms with van der Waals surface area (Å²) in [6.07, 6.45) is 4.02. The molecule has 0 radical (unpaired) electrons. The molecule has 1 aromatic heterocycles. The molecule has 1 aliphatic carbocycles. The van der Waals surface area contributed by atoms with E-state index in [2.05, 4.69) is 9.72 Å². The van der Waals surface area contributed by atoms with E-state index in [1.165, 1.54) is 13.3 Å². The van der Waals surface area contributed by atoms with Gasteiger partial charge in [-0.1, -0.05) is 6.07 Å². The number of benzene rings is 1. The average Bonchev–Trinajstić information content (AvgIpc) is 3.30. The molecule has 0 saturated heterocycles. The van der Waals surface area contributed by atoms with E-state index in [0.29, 0.717) is 17.8 Å². The second-order valence-corrected chi connectivity index (χ2v) is 5.16. The summed E-state index contributed by atoms with van der Waals surface area (Å²) in [4.78, 5) is 27.6. The van der Waals surface area contributed by atoms with Crippen LogP contribution in [0.4, 0.5) is 0 Å². The zero-order valence-corrected chi connectivity index (χ0v) is 11.3. The predicted octanol–water partition coefficient (Wildman–Crippen LogP) is 2.54. The van der Waals surface area contributed by atoms with Crippen molar-refractivity contribution in [2.75, 3.05) is 7.11 Å². The van der Waals surface area contributed by atoms with E-state index in [-0.39, 0.29) is 5.92 Å². The van der Waals surface area contributed by atoms with Crippen LogP contribution in [0.1, 0.15) is 28.8 Å². The van der Waals surface area contributed by atoms with E-state index in [0.717, 1.165) is 29.3 Å². The lowest BCUT2D eigenvalue weighted by atomic mass is 10.0. The number of Topliss-reactive ketones (excluding diaryl/α,β-unsaturated/α-hetero) is 1. The highest BCUT2D eigenvalue weighted by atomic mass is 16.5. The number of carbonyl (C=O) groups excluding carboxylic acids is 2. The highest BCUT2D eigenvalue weighted by Crippen LogP contribution is 2.31. The molecular weight excluding hydrogens is 254 g/mol. The van der Waals surface area contributed by atoms with Crippen LogP contribution in [0.5, 0.6) is 0 Å². The van der Waals surface area contributed by atoms with E-state index < -0.39 is 5.97 Å². The number of fused-ring (bicyclic) bond motifs is 1. The Morgan fingerprint density at radius 1 is 1.30 bits per heavy atom. The van der Waals surface area contributed by atoms with E-state index >= 15 is 0 Å². The number of ether oxygens (including phenoxy) is 1. The number of nitrogens with zero attached hydrogens (tertiary/aromatic N) is 1. The number of carbonyl (C=O) groups is 2. The monoisotopic (exact) mass is 269 g/mol. The van der Waals surface area contributed by atoms with Crippen molar-refractivity contribution in [1.29, 1.82) is 0 Å². The van der Waals surface area contributed by atoms with E-state index in [9.17, 15) is 9.59 Å². The number of hydrogen-bond donors (Lipinski definition) is 0. The first-order chi connectivity index (χ1) is 9.67. The average molecular weight is 269 g/mol. The van der Waals surface area contributed by atoms with Crippen molar-refractivity contribution in [1.82, 2.24) is 4.98 Å². The molecule has 0 unspecified atom stereocenters. The number of esters is 1. The van der Waals surface area contributed by atoms with Gasteiger partial charge < -0.3 is 4.74 Å². The Kier molecular flexibility index (Phi) is 3.22. The summed E-state index contributed by atoms with van der Waals surface area (Å²) in [5, 5.41) is 0.856. The zero-order chi connectivity index (χ0) is 14.1. The van der Waals surface area contributed by atoms with Gasteiger partial charge in [-0.25, -0.2) is 4.79 Å². The highest BCUT2D eigenvalue weighted by Gasteiger charge is 2.29. The second kappa shape index (κ2) is 5.04. The van der Waals surface area contributed by atoms with Crippen molar-refractivity contribution in [3.05, 3.63) is 41.6 Å². The van der Waals surface area contributed by atoms with E-state index in [1.807, 2.05) is 18.2 Å². The van der Waals surface area contributed by atoms with Gasteiger partial charge in [0.15, 0.2) is 0 Å². The summed E-state index contributed by atoms with van der Waals surface area (Å²) in [5.41, 5.74) is 2.20. The predicted molar refractivity (Wildman–Crippen MR) is 74.5 cm³/mol. The second-order valence-electron chi connectivity index (χ2n) is 5.16. The van der Waals surface area contributed by atoms with Gasteiger partial charge in [-0.3, -0.25) is 9.78 Å². The zero-order valence-electron chi connectivity index (χ0n) is 11.3. The number of aromatic nitrogens is 1. The SMILES string of the molecule is COC(=O)c1cnc2ccc(CC(=O)C3CC3)cc2c1. The molecule has 2 aromatic rings. The maximum atomic E-state index is 11.8. The Labute approximate surface area is 116 Å². The van der Waals surface area contributed by atoms with Crippen molar-refractivity contribution in [3.63, 3.8) is 0 Å². The van der Waals surface area contributed by atoms with Gasteiger partial charge in [0, 0.05) is 23.9 Å². The van der Waals surface area contributed by atoms with E-state index in [1.54, 1.807) is 6.07 Å². The molecule has 0 N–H and O–H groups in total. The molecule has 3 rings (SSSR count). The molecule has 0 bridgehead atoms. The largest absolute Gasteiger partial charge is 0.465 e. The first-order valence-electron chi connectivity index (χ1n) is 6.67. The van der Waals surface area contributed by atoms with Gasteiger partial charge in [-0.15, -0.1) is 0 Å². The molecule has 102 valence electrons. The third-order valence-corrected chi connectivity index (χ3v) is 3.58. The van der Waals surface area contributed by atoms with Crippen LogP contribution >= 0.6 is 0 Å². The third-order valence-electron chi connectivity index (χ3n) is 3.58. The minimum atomic E-state index is -0.404. The van der Waals surface area contributed by atoms with Gasteiger partial charge in [0.1, 0.15) is 5.78 Å². The molecule has 1 heterocycles. The summed E-state index contributed by atoms with van der Waals surface area (Å²) in [6, 6.07) is 7.48. The Bertz CT molecular complexity index is 689. The standard InChI is InChI=1S/C16H15NO3/c1-20-16(19)13-8-12-6-10(2-5-14(12)17-9-13)7-15(18)11-3-4-11/h2,5-6,8-9,11H,3-4,7H2,1H3. The smallest absolute Gasteiger partial charge is 0.339 e. The first-order valence-corrected chi connectivity index (χ1v) is 6.67. The Morgan fingerprint density at radius 2 is 2.10 bits per heavy atom. The molecule has 1 fully saturated rings. The topological polar surface area (TPSA) is 56.3 Å². The van der Waals surface area contributed by atoms with Crippen molar-refractivity contribution in [3.8, 4) is 0 Å². The Morgan fingerprint density at radius 3 is 2.80 bits per heavy atom.